The van der Waals surface area contributed by atoms with Gasteiger partial charge in [-0.15, -0.1) is 0 Å². The number of rotatable bonds is 8. The molecular formula is C25H33N3O2. The lowest BCUT2D eigenvalue weighted by atomic mass is 9.79. The predicted octanol–water partition coefficient (Wildman–Crippen LogP) is 4.38. The largest absolute Gasteiger partial charge is 0.387 e. The highest BCUT2D eigenvalue weighted by Gasteiger charge is 2.31. The Morgan fingerprint density at radius 1 is 1.13 bits per heavy atom. The van der Waals surface area contributed by atoms with Gasteiger partial charge in [0.2, 0.25) is 5.91 Å². The summed E-state index contributed by atoms with van der Waals surface area (Å²) in [5, 5.41) is 24.4. The Bertz CT molecular complexity index is 912. The standard InChI is InChI=1S/C25H33N3O2/c1-17-11-12-18(2)22(13-17)27-15-20(21(26)14-19-9-7-6-8-10-19)24(25(3,4)5)28-23(30)16-29/h6-13,15,24,26-27,29H,14,16H2,1-5H3,(H,28,30)/b20-15+,26-21?/t24-/m0/s1. The van der Waals surface area contributed by atoms with Crippen LogP contribution in [-0.2, 0) is 11.2 Å². The van der Waals surface area contributed by atoms with Crippen LogP contribution in [0.25, 0.3) is 0 Å². The van der Waals surface area contributed by atoms with Gasteiger partial charge in [0.1, 0.15) is 6.61 Å². The Hall–Kier alpha value is -2.92. The molecule has 1 atom stereocenters. The molecule has 0 radical (unpaired) electrons. The van der Waals surface area contributed by atoms with Gasteiger partial charge in [-0.2, -0.15) is 0 Å². The van der Waals surface area contributed by atoms with Gasteiger partial charge >= 0.3 is 0 Å². The van der Waals surface area contributed by atoms with Gasteiger partial charge in [0.25, 0.3) is 0 Å². The van der Waals surface area contributed by atoms with Crippen molar-refractivity contribution in [2.75, 3.05) is 11.9 Å². The fourth-order valence-electron chi connectivity index (χ4n) is 3.26. The summed E-state index contributed by atoms with van der Waals surface area (Å²) >= 11 is 0. The van der Waals surface area contributed by atoms with Gasteiger partial charge in [-0.1, -0.05) is 63.2 Å². The van der Waals surface area contributed by atoms with Crippen molar-refractivity contribution in [3.05, 3.63) is 77.0 Å². The summed E-state index contributed by atoms with van der Waals surface area (Å²) < 4.78 is 0. The molecule has 0 fully saturated rings. The third-order valence-corrected chi connectivity index (χ3v) is 4.97. The predicted molar refractivity (Wildman–Crippen MR) is 124 cm³/mol. The van der Waals surface area contributed by atoms with Crippen molar-refractivity contribution in [3.63, 3.8) is 0 Å². The van der Waals surface area contributed by atoms with Crippen molar-refractivity contribution in [1.82, 2.24) is 5.32 Å². The normalized spacial score (nSPS) is 12.9. The average Bonchev–Trinajstić information content (AvgIpc) is 2.69. The molecule has 0 saturated carbocycles. The molecule has 5 heteroatoms. The van der Waals surface area contributed by atoms with E-state index in [1.54, 1.807) is 0 Å². The second kappa shape index (κ2) is 10.2. The highest BCUT2D eigenvalue weighted by atomic mass is 16.3. The van der Waals surface area contributed by atoms with E-state index in [-0.39, 0.29) is 5.41 Å². The van der Waals surface area contributed by atoms with E-state index in [1.165, 1.54) is 0 Å². The van der Waals surface area contributed by atoms with Crippen LogP contribution in [0.4, 0.5) is 5.69 Å². The van der Waals surface area contributed by atoms with Crippen LogP contribution in [-0.4, -0.2) is 29.4 Å². The first-order valence-electron chi connectivity index (χ1n) is 10.2. The molecule has 4 N–H and O–H groups in total. The van der Waals surface area contributed by atoms with Gasteiger partial charge in [-0.3, -0.25) is 4.79 Å². The maximum atomic E-state index is 12.0. The summed E-state index contributed by atoms with van der Waals surface area (Å²) in [6, 6.07) is 15.6. The monoisotopic (exact) mass is 407 g/mol. The van der Waals surface area contributed by atoms with E-state index in [0.717, 1.165) is 22.4 Å². The molecule has 0 heterocycles. The number of carbonyl (C=O) groups excluding carboxylic acids is 1. The number of carbonyl (C=O) groups is 1. The summed E-state index contributed by atoms with van der Waals surface area (Å²) in [5.41, 5.74) is 4.97. The van der Waals surface area contributed by atoms with E-state index in [1.807, 2.05) is 71.2 Å². The van der Waals surface area contributed by atoms with Gasteiger partial charge in [-0.05, 0) is 42.0 Å². The molecule has 0 saturated heterocycles. The minimum Gasteiger partial charge on any atom is -0.387 e. The number of hydrogen-bond donors (Lipinski definition) is 4. The Morgan fingerprint density at radius 3 is 2.40 bits per heavy atom. The smallest absolute Gasteiger partial charge is 0.246 e. The van der Waals surface area contributed by atoms with Gasteiger partial charge in [0.05, 0.1) is 6.04 Å². The molecule has 0 unspecified atom stereocenters. The van der Waals surface area contributed by atoms with Crippen molar-refractivity contribution in [2.45, 2.75) is 47.1 Å². The number of nitrogens with one attached hydrogen (secondary N) is 3. The van der Waals surface area contributed by atoms with Crippen molar-refractivity contribution in [3.8, 4) is 0 Å². The average molecular weight is 408 g/mol. The lowest BCUT2D eigenvalue weighted by Gasteiger charge is -2.34. The number of anilines is 1. The van der Waals surface area contributed by atoms with Gasteiger partial charge in [-0.25, -0.2) is 0 Å². The lowest BCUT2D eigenvalue weighted by molar-refractivity contribution is -0.124. The van der Waals surface area contributed by atoms with Crippen molar-refractivity contribution in [1.29, 1.82) is 5.41 Å². The molecule has 0 aromatic heterocycles. The van der Waals surface area contributed by atoms with Crippen molar-refractivity contribution in [2.24, 2.45) is 5.41 Å². The molecule has 0 aliphatic heterocycles. The fraction of sp³-hybridized carbons (Fsp3) is 0.360. The highest BCUT2D eigenvalue weighted by Crippen LogP contribution is 2.27. The molecule has 0 bridgehead atoms. The summed E-state index contributed by atoms with van der Waals surface area (Å²) in [4.78, 5) is 12.0. The molecule has 2 aromatic rings. The number of benzene rings is 2. The van der Waals surface area contributed by atoms with Crippen LogP contribution in [0, 0.1) is 24.7 Å². The van der Waals surface area contributed by atoms with E-state index in [0.29, 0.717) is 17.7 Å². The van der Waals surface area contributed by atoms with Crippen LogP contribution in [0.3, 0.4) is 0 Å². The maximum Gasteiger partial charge on any atom is 0.246 e. The van der Waals surface area contributed by atoms with E-state index in [4.69, 9.17) is 5.41 Å². The van der Waals surface area contributed by atoms with E-state index in [2.05, 4.69) is 28.8 Å². The topological polar surface area (TPSA) is 85.2 Å². The van der Waals surface area contributed by atoms with Crippen LogP contribution in [0.15, 0.2) is 60.3 Å². The van der Waals surface area contributed by atoms with Gasteiger partial charge < -0.3 is 21.1 Å². The minimum atomic E-state index is -0.587. The van der Waals surface area contributed by atoms with E-state index >= 15 is 0 Å². The molecule has 30 heavy (non-hydrogen) atoms. The zero-order valence-electron chi connectivity index (χ0n) is 18.5. The van der Waals surface area contributed by atoms with Crippen LogP contribution in [0.5, 0.6) is 0 Å². The van der Waals surface area contributed by atoms with Crippen molar-refractivity contribution >= 4 is 17.3 Å². The molecule has 1 amide bonds. The molecular weight excluding hydrogens is 374 g/mol. The van der Waals surface area contributed by atoms with Crippen LogP contribution in [0.1, 0.15) is 37.5 Å². The van der Waals surface area contributed by atoms with Gasteiger partial charge in [0.15, 0.2) is 0 Å². The number of hydrogen-bond acceptors (Lipinski definition) is 4. The first-order chi connectivity index (χ1) is 14.1. The molecule has 0 aliphatic carbocycles. The second-order valence-electron chi connectivity index (χ2n) is 8.73. The Morgan fingerprint density at radius 2 is 1.80 bits per heavy atom. The lowest BCUT2D eigenvalue weighted by Crippen LogP contribution is -2.48. The van der Waals surface area contributed by atoms with Crippen LogP contribution < -0.4 is 10.6 Å². The minimum absolute atomic E-state index is 0.358. The molecule has 5 nitrogen and oxygen atoms in total. The SMILES string of the molecule is Cc1ccc(C)c(N/C=C(\C(=N)Cc2ccccc2)[C@H](NC(=O)CO)C(C)(C)C)c1. The summed E-state index contributed by atoms with van der Waals surface area (Å²) in [5.74, 6) is -0.458. The molecule has 0 aliphatic rings. The fourth-order valence-corrected chi connectivity index (χ4v) is 3.26. The molecule has 2 aromatic carbocycles. The third kappa shape index (κ3) is 6.56. The highest BCUT2D eigenvalue weighted by molar-refractivity contribution is 6.01. The third-order valence-electron chi connectivity index (χ3n) is 4.97. The zero-order chi connectivity index (χ0) is 22.3. The molecule has 0 spiro atoms. The van der Waals surface area contributed by atoms with Crippen molar-refractivity contribution < 1.29 is 9.90 Å². The summed E-state index contributed by atoms with van der Waals surface area (Å²) in [7, 11) is 0. The molecule has 160 valence electrons. The summed E-state index contributed by atoms with van der Waals surface area (Å²) in [6.45, 7) is 9.51. The van der Waals surface area contributed by atoms with Crippen LogP contribution in [0.2, 0.25) is 0 Å². The Balaban J connectivity index is 2.44. The molecule has 2 rings (SSSR count). The first kappa shape index (κ1) is 23.4. The zero-order valence-corrected chi connectivity index (χ0v) is 18.5. The summed E-state index contributed by atoms with van der Waals surface area (Å²) in [6.07, 6.45) is 2.27. The quantitative estimate of drug-likeness (QED) is 0.490. The Kier molecular flexibility index (Phi) is 7.95. The number of aliphatic hydroxyl groups excluding tert-OH is 1. The Labute approximate surface area is 179 Å². The van der Waals surface area contributed by atoms with E-state index in [9.17, 15) is 9.90 Å². The second-order valence-corrected chi connectivity index (χ2v) is 8.73. The van der Waals surface area contributed by atoms with E-state index < -0.39 is 18.6 Å². The number of amides is 1. The van der Waals surface area contributed by atoms with Crippen LogP contribution >= 0.6 is 0 Å². The maximum absolute atomic E-state index is 12.0. The first-order valence-corrected chi connectivity index (χ1v) is 10.2. The number of aliphatic hydroxyl groups is 1. The van der Waals surface area contributed by atoms with Gasteiger partial charge in [0, 0.05) is 29.6 Å². The number of aryl methyl sites for hydroxylation is 2.